The molecule has 0 bridgehead atoms. The van der Waals surface area contributed by atoms with Gasteiger partial charge in [-0.05, 0) is 77.6 Å². The van der Waals surface area contributed by atoms with E-state index >= 15 is 0 Å². The zero-order chi connectivity index (χ0) is 55.7. The summed E-state index contributed by atoms with van der Waals surface area (Å²) in [6.07, 6.45) is 6.82. The molecule has 15 heteroatoms. The van der Waals surface area contributed by atoms with Crippen molar-refractivity contribution in [2.75, 3.05) is 32.8 Å². The number of nitrogens with one attached hydrogen (secondary N) is 1. The first-order chi connectivity index (χ1) is 37.5. The first kappa shape index (κ1) is 62.6. The molecule has 2 aliphatic rings. The van der Waals surface area contributed by atoms with Crippen LogP contribution in [-0.2, 0) is 43.1 Å². The fraction of sp³-hybridized carbons (Fsp3) is 0.323. The molecule has 4 N–H and O–H groups in total. The van der Waals surface area contributed by atoms with Gasteiger partial charge >= 0.3 is 5.97 Å². The summed E-state index contributed by atoms with van der Waals surface area (Å²) in [5, 5.41) is 11.9. The van der Waals surface area contributed by atoms with E-state index in [1.54, 1.807) is 7.05 Å². The maximum absolute atomic E-state index is 12.1. The van der Waals surface area contributed by atoms with Gasteiger partial charge < -0.3 is 15.9 Å². The van der Waals surface area contributed by atoms with E-state index in [1.165, 1.54) is 40.4 Å². The van der Waals surface area contributed by atoms with Gasteiger partial charge in [-0.1, -0.05) is 202 Å². The van der Waals surface area contributed by atoms with Gasteiger partial charge in [-0.15, -0.1) is 28.6 Å². The Balaban J connectivity index is 0.000000334. The van der Waals surface area contributed by atoms with Crippen LogP contribution < -0.4 is 11.1 Å². The second-order valence-electron chi connectivity index (χ2n) is 17.2. The number of thioether (sulfide) groups is 2. The number of amides is 5. The molecule has 0 radical (unpaired) electrons. The van der Waals surface area contributed by atoms with E-state index in [1.807, 2.05) is 41.7 Å². The van der Waals surface area contributed by atoms with Gasteiger partial charge in [-0.2, -0.15) is 5.06 Å². The van der Waals surface area contributed by atoms with Crippen LogP contribution in [0.3, 0.4) is 0 Å². The molecule has 8 rings (SSSR count). The van der Waals surface area contributed by atoms with E-state index in [0.29, 0.717) is 17.9 Å². The molecule has 6 aromatic carbocycles. The molecule has 0 aromatic heterocycles. The molecule has 0 unspecified atom stereocenters. The summed E-state index contributed by atoms with van der Waals surface area (Å²) in [6, 6.07) is 64.1. The van der Waals surface area contributed by atoms with Gasteiger partial charge in [0.2, 0.25) is 5.91 Å². The van der Waals surface area contributed by atoms with Gasteiger partial charge in [0.15, 0.2) is 0 Å². The number of carbonyl (C=O) groups is 6. The lowest BCUT2D eigenvalue weighted by atomic mass is 9.84. The quantitative estimate of drug-likeness (QED) is 0.0271. The number of rotatable bonds is 21. The molecule has 0 saturated carbocycles. The molecule has 410 valence electrons. The topological polar surface area (TPSA) is 176 Å². The van der Waals surface area contributed by atoms with Crippen LogP contribution in [0.5, 0.6) is 0 Å². The van der Waals surface area contributed by atoms with Crippen LogP contribution in [0.25, 0.3) is 0 Å². The zero-order valence-corrected chi connectivity index (χ0v) is 45.0. The van der Waals surface area contributed by atoms with Crippen LogP contribution in [0.15, 0.2) is 182 Å². The minimum absolute atomic E-state index is 0. The maximum atomic E-state index is 12.1. The molecule has 0 aliphatic carbocycles. The van der Waals surface area contributed by atoms with Crippen molar-refractivity contribution in [1.82, 2.24) is 15.4 Å². The number of nitrogens with two attached hydrogens (primary N) is 1. The van der Waals surface area contributed by atoms with Gasteiger partial charge in [0.1, 0.15) is 0 Å². The Kier molecular flexibility index (Phi) is 28.8. The van der Waals surface area contributed by atoms with Crippen LogP contribution >= 0.6 is 23.5 Å². The third kappa shape index (κ3) is 18.7. The lowest BCUT2D eigenvalue weighted by molar-refractivity contribution is -0.197. The summed E-state index contributed by atoms with van der Waals surface area (Å²) in [5.41, 5.74) is 12.1. The molecule has 6 aromatic rings. The monoisotopic (exact) mass is 1090 g/mol. The molecule has 2 aliphatic heterocycles. The van der Waals surface area contributed by atoms with Crippen LogP contribution in [0.2, 0.25) is 0 Å². The summed E-state index contributed by atoms with van der Waals surface area (Å²) < 4.78 is 14.9. The molecule has 2 heterocycles. The number of halogens is 1. The Hall–Kier alpha value is -6.91. The Morgan fingerprint density at radius 1 is 0.532 bits per heavy atom. The largest absolute Gasteiger partial charge is 0.359 e. The SMILES string of the molecule is C.CN.CNC(=O)CCCCCSC(c1ccccc1)(c1ccccc1)c1ccccc1.O=C(CCCCCSC(c1ccccc1)(c1ccccc1)c1ccccc1)ON1C(=O)CCC1=O.O=C1CCC(=O)N1O.[2H]CF. The molecule has 0 spiro atoms. The van der Waals surface area contributed by atoms with E-state index in [0.717, 1.165) is 43.6 Å². The number of benzene rings is 6. The van der Waals surface area contributed by atoms with Crippen molar-refractivity contribution in [3.8, 4) is 0 Å². The number of carbonyl (C=O) groups excluding carboxylic acids is 6. The van der Waals surface area contributed by atoms with Gasteiger partial charge in [0.25, 0.3) is 23.6 Å². The minimum atomic E-state index is -1.00. The van der Waals surface area contributed by atoms with Gasteiger partial charge in [-0.3, -0.25) is 33.6 Å². The molecule has 12 nitrogen and oxygen atoms in total. The second-order valence-corrected chi connectivity index (χ2v) is 19.8. The Morgan fingerprint density at radius 3 is 1.06 bits per heavy atom. The fourth-order valence-electron chi connectivity index (χ4n) is 8.60. The summed E-state index contributed by atoms with van der Waals surface area (Å²) in [7, 11) is 2.20. The van der Waals surface area contributed by atoms with E-state index in [-0.39, 0.29) is 60.0 Å². The van der Waals surface area contributed by atoms with E-state index < -0.39 is 36.8 Å². The molecule has 77 heavy (non-hydrogen) atoms. The highest BCUT2D eigenvalue weighted by atomic mass is 32.2. The lowest BCUT2D eigenvalue weighted by Crippen LogP contribution is -2.31. The van der Waals surface area contributed by atoms with Crippen molar-refractivity contribution >= 4 is 59.0 Å². The normalized spacial score (nSPS) is 12.9. The Bertz CT molecular complexity index is 2460. The number of imide groups is 2. The number of unbranched alkanes of at least 4 members (excludes halogenated alkanes) is 4. The number of hydroxylamine groups is 4. The molecular weight excluding hydrogens is 1010 g/mol. The third-order valence-electron chi connectivity index (χ3n) is 12.3. The first-order valence-corrected chi connectivity index (χ1v) is 27.3. The van der Waals surface area contributed by atoms with Crippen LogP contribution in [0, 0.1) is 0 Å². The van der Waals surface area contributed by atoms with Crippen molar-refractivity contribution in [3.05, 3.63) is 215 Å². The standard InChI is InChI=1S/C29H29NO4S.C26H29NOS.C4H5NO3.CH3F.CH5N.CH4/c31-26-20-21-27(32)30(26)34-28(33)19-11-4-12-22-35-29(23-13-5-1-6-14-23,24-15-7-2-8-16-24)25-17-9-3-10-18-25;1-27-25(28)20-12-5-13-21-29-26(22-14-6-2-7-15-22,23-16-8-3-9-17-23)24-18-10-4-11-19-24;6-3-1-2-4(7)5(3)8;2*1-2;/h1-3,5-10,13-18H,4,11-12,19-22H2;2-4,6-11,14-19H,5,12-13,20-21H2,1H3,(H,27,28);8H,1-2H2;1H3;2H2,1H3;1H4/i;;;1D;;. The smallest absolute Gasteiger partial charge is 0.333 e. The highest BCUT2D eigenvalue weighted by molar-refractivity contribution is 8.00. The fourth-order valence-corrected chi connectivity index (χ4v) is 11.7. The second kappa shape index (κ2) is 35.4. The number of alkyl halides is 1. The Labute approximate surface area is 464 Å². The summed E-state index contributed by atoms with van der Waals surface area (Å²) in [5.74, 6) is -0.371. The van der Waals surface area contributed by atoms with Crippen molar-refractivity contribution in [3.63, 3.8) is 0 Å². The molecular formula is C62H75FN4O8S2. The molecule has 5 amide bonds. The van der Waals surface area contributed by atoms with Gasteiger partial charge in [0, 0.05) is 45.6 Å². The van der Waals surface area contributed by atoms with Gasteiger partial charge in [-0.25, -0.2) is 4.79 Å². The van der Waals surface area contributed by atoms with Crippen LogP contribution in [0.4, 0.5) is 4.39 Å². The van der Waals surface area contributed by atoms with Crippen molar-refractivity contribution in [1.29, 1.82) is 0 Å². The predicted molar refractivity (Wildman–Crippen MR) is 308 cm³/mol. The Morgan fingerprint density at radius 2 is 0.805 bits per heavy atom. The summed E-state index contributed by atoms with van der Waals surface area (Å²) in [4.78, 5) is 72.2. The average Bonchev–Trinajstić information content (AvgIpc) is 3.98. The van der Waals surface area contributed by atoms with Gasteiger partial charge in [0.05, 0.1) is 18.0 Å². The molecule has 2 saturated heterocycles. The molecule has 0 atom stereocenters. The zero-order valence-electron chi connectivity index (χ0n) is 44.4. The summed E-state index contributed by atoms with van der Waals surface area (Å²) >= 11 is 3.89. The summed E-state index contributed by atoms with van der Waals surface area (Å²) in [6.45, 7) is 0. The highest BCUT2D eigenvalue weighted by Gasteiger charge is 2.38. The lowest BCUT2D eigenvalue weighted by Gasteiger charge is -2.35. The average molecular weight is 1090 g/mol. The number of nitrogens with zero attached hydrogens (tertiary/aromatic N) is 2. The third-order valence-corrected chi connectivity index (χ3v) is 15.6. The highest BCUT2D eigenvalue weighted by Crippen LogP contribution is 2.50. The first-order valence-electron chi connectivity index (χ1n) is 26.1. The number of hydrogen-bond donors (Lipinski definition) is 3. The minimum Gasteiger partial charge on any atom is -0.359 e. The molecule has 2 fully saturated rings. The van der Waals surface area contributed by atoms with Crippen molar-refractivity contribution < 1.29 is 44.6 Å². The van der Waals surface area contributed by atoms with Crippen LogP contribution in [-0.4, -0.2) is 83.6 Å². The predicted octanol–water partition coefficient (Wildman–Crippen LogP) is 12.2. The number of hydrogen-bond acceptors (Lipinski definition) is 11. The van der Waals surface area contributed by atoms with E-state index in [4.69, 9.17) is 11.4 Å². The van der Waals surface area contributed by atoms with Crippen molar-refractivity contribution in [2.24, 2.45) is 5.73 Å². The van der Waals surface area contributed by atoms with E-state index in [9.17, 15) is 33.2 Å². The van der Waals surface area contributed by atoms with Crippen molar-refractivity contribution in [2.45, 2.75) is 94.0 Å². The maximum Gasteiger partial charge on any atom is 0.333 e. The van der Waals surface area contributed by atoms with E-state index in [2.05, 4.69) is 175 Å². The van der Waals surface area contributed by atoms with Crippen LogP contribution in [0.1, 0.15) is 119 Å².